The molecule has 0 atom stereocenters. The molecule has 0 aliphatic rings. The van der Waals surface area contributed by atoms with E-state index in [2.05, 4.69) is 62.3 Å². The zero-order chi connectivity index (χ0) is 24.9. The Bertz CT molecular complexity index is 1170. The first-order valence-electron chi connectivity index (χ1n) is 11.5. The number of carbonyl (C=O) groups excluding carboxylic acids is 1. The number of aromatic amines is 1. The average Bonchev–Trinajstić information content (AvgIpc) is 3.26. The number of H-pyrrole nitrogens is 1. The van der Waals surface area contributed by atoms with Gasteiger partial charge in [0, 0.05) is 29.1 Å². The van der Waals surface area contributed by atoms with Gasteiger partial charge in [-0.2, -0.15) is 10.4 Å². The molecule has 1 N–H and O–H groups in total. The van der Waals surface area contributed by atoms with Crippen LogP contribution in [0.4, 0.5) is 0 Å². The van der Waals surface area contributed by atoms with Gasteiger partial charge in [-0.1, -0.05) is 45.0 Å². The molecule has 0 saturated heterocycles. The molecule has 34 heavy (non-hydrogen) atoms. The van der Waals surface area contributed by atoms with Crippen molar-refractivity contribution in [1.82, 2.24) is 10.2 Å². The SMILES string of the molecule is CSc1ccc(-c2n[nH]c(C(=O)CCCO[Si](C)(C)C(C)(C)C)c2-c2ccc(C#N)cc2)cc1. The van der Waals surface area contributed by atoms with E-state index in [0.717, 1.165) is 27.3 Å². The van der Waals surface area contributed by atoms with Crippen molar-refractivity contribution in [3.63, 3.8) is 0 Å². The molecule has 0 amide bonds. The van der Waals surface area contributed by atoms with Gasteiger partial charge < -0.3 is 4.43 Å². The van der Waals surface area contributed by atoms with Gasteiger partial charge in [0.25, 0.3) is 0 Å². The second-order valence-electron chi connectivity index (χ2n) is 9.88. The maximum absolute atomic E-state index is 13.3. The third kappa shape index (κ3) is 5.87. The zero-order valence-electron chi connectivity index (χ0n) is 20.9. The van der Waals surface area contributed by atoms with Crippen LogP contribution in [0, 0.1) is 11.3 Å². The van der Waals surface area contributed by atoms with Gasteiger partial charge in [0.2, 0.25) is 0 Å². The van der Waals surface area contributed by atoms with E-state index in [-0.39, 0.29) is 10.8 Å². The van der Waals surface area contributed by atoms with Gasteiger partial charge in [-0.05, 0) is 60.6 Å². The Morgan fingerprint density at radius 2 is 1.71 bits per heavy atom. The van der Waals surface area contributed by atoms with E-state index in [1.807, 2.05) is 30.5 Å². The summed E-state index contributed by atoms with van der Waals surface area (Å²) in [6.45, 7) is 11.7. The van der Waals surface area contributed by atoms with Crippen molar-refractivity contribution >= 4 is 25.9 Å². The lowest BCUT2D eigenvalue weighted by molar-refractivity contribution is 0.0968. The van der Waals surface area contributed by atoms with E-state index < -0.39 is 8.32 Å². The van der Waals surface area contributed by atoms with Crippen LogP contribution in [0.3, 0.4) is 0 Å². The fourth-order valence-electron chi connectivity index (χ4n) is 3.40. The van der Waals surface area contributed by atoms with Crippen LogP contribution in [-0.4, -0.2) is 37.2 Å². The van der Waals surface area contributed by atoms with Crippen LogP contribution in [0.1, 0.15) is 49.7 Å². The normalized spacial score (nSPS) is 11.9. The number of aromatic nitrogens is 2. The number of benzene rings is 2. The van der Waals surface area contributed by atoms with Gasteiger partial charge in [0.05, 0.1) is 11.6 Å². The van der Waals surface area contributed by atoms with Crippen LogP contribution in [0.2, 0.25) is 18.1 Å². The Kier molecular flexibility index (Phi) is 8.19. The summed E-state index contributed by atoms with van der Waals surface area (Å²) < 4.78 is 6.25. The van der Waals surface area contributed by atoms with Crippen molar-refractivity contribution in [2.45, 2.75) is 56.6 Å². The number of hydrogen-bond acceptors (Lipinski definition) is 5. The molecule has 0 bridgehead atoms. The van der Waals surface area contributed by atoms with E-state index in [1.165, 1.54) is 0 Å². The third-order valence-corrected chi connectivity index (χ3v) is 11.8. The lowest BCUT2D eigenvalue weighted by Gasteiger charge is -2.36. The maximum atomic E-state index is 13.3. The van der Waals surface area contributed by atoms with Crippen molar-refractivity contribution in [3.05, 3.63) is 59.8 Å². The molecular formula is C27H33N3O2SSi. The summed E-state index contributed by atoms with van der Waals surface area (Å²) in [5.74, 6) is 0.0117. The van der Waals surface area contributed by atoms with E-state index in [0.29, 0.717) is 30.7 Å². The van der Waals surface area contributed by atoms with Gasteiger partial charge in [-0.25, -0.2) is 0 Å². The Morgan fingerprint density at radius 3 is 2.26 bits per heavy atom. The zero-order valence-corrected chi connectivity index (χ0v) is 22.7. The monoisotopic (exact) mass is 491 g/mol. The van der Waals surface area contributed by atoms with Gasteiger partial charge in [0.1, 0.15) is 11.4 Å². The molecule has 3 rings (SSSR count). The molecule has 0 unspecified atom stereocenters. The summed E-state index contributed by atoms with van der Waals surface area (Å²) in [6.07, 6.45) is 3.08. The lowest BCUT2D eigenvalue weighted by Crippen LogP contribution is -2.41. The fraction of sp³-hybridized carbons (Fsp3) is 0.370. The first kappa shape index (κ1) is 26.0. The minimum atomic E-state index is -1.84. The molecule has 3 aromatic rings. The molecule has 1 aromatic heterocycles. The van der Waals surface area contributed by atoms with Crippen LogP contribution in [0.15, 0.2) is 53.4 Å². The highest BCUT2D eigenvalue weighted by Crippen LogP contribution is 2.37. The van der Waals surface area contributed by atoms with Crippen molar-refractivity contribution in [2.24, 2.45) is 0 Å². The predicted octanol–water partition coefficient (Wildman–Crippen LogP) is 7.32. The van der Waals surface area contributed by atoms with E-state index >= 15 is 0 Å². The third-order valence-electron chi connectivity index (χ3n) is 6.53. The maximum Gasteiger partial charge on any atom is 0.191 e. The minimum Gasteiger partial charge on any atom is -0.417 e. The van der Waals surface area contributed by atoms with Crippen molar-refractivity contribution < 1.29 is 9.22 Å². The van der Waals surface area contributed by atoms with Gasteiger partial charge in [-0.15, -0.1) is 11.8 Å². The molecule has 0 aliphatic heterocycles. The summed E-state index contributed by atoms with van der Waals surface area (Å²) in [7, 11) is -1.84. The minimum absolute atomic E-state index is 0.0117. The van der Waals surface area contributed by atoms with Crippen LogP contribution in [0.5, 0.6) is 0 Å². The van der Waals surface area contributed by atoms with Crippen LogP contribution < -0.4 is 0 Å². The van der Waals surface area contributed by atoms with Gasteiger partial charge in [-0.3, -0.25) is 9.89 Å². The number of ketones is 1. The van der Waals surface area contributed by atoms with E-state index in [4.69, 9.17) is 4.43 Å². The number of Topliss-reactive ketones (excluding diaryl/α,β-unsaturated/α-hetero) is 1. The van der Waals surface area contributed by atoms with Crippen LogP contribution in [0.25, 0.3) is 22.4 Å². The highest BCUT2D eigenvalue weighted by atomic mass is 32.2. The van der Waals surface area contributed by atoms with Crippen molar-refractivity contribution in [3.8, 4) is 28.5 Å². The number of rotatable bonds is 9. The van der Waals surface area contributed by atoms with E-state index in [1.54, 1.807) is 23.9 Å². The molecule has 5 nitrogen and oxygen atoms in total. The molecule has 0 fully saturated rings. The Balaban J connectivity index is 1.87. The molecule has 0 aliphatic carbocycles. The Hall–Kier alpha value is -2.66. The number of carbonyl (C=O) groups is 1. The molecule has 0 radical (unpaired) electrons. The number of nitrogens with one attached hydrogen (secondary N) is 1. The summed E-state index contributed by atoms with van der Waals surface area (Å²) in [5.41, 5.74) is 4.39. The molecule has 2 aromatic carbocycles. The van der Waals surface area contributed by atoms with Gasteiger partial charge in [0.15, 0.2) is 14.1 Å². The second kappa shape index (κ2) is 10.7. The fourth-order valence-corrected chi connectivity index (χ4v) is 4.89. The summed E-state index contributed by atoms with van der Waals surface area (Å²) in [5, 5.41) is 16.9. The van der Waals surface area contributed by atoms with Crippen molar-refractivity contribution in [1.29, 1.82) is 5.26 Å². The summed E-state index contributed by atoms with van der Waals surface area (Å²) in [4.78, 5) is 14.4. The molecule has 0 spiro atoms. The Labute approximate surface area is 208 Å². The predicted molar refractivity (Wildman–Crippen MR) is 143 cm³/mol. The summed E-state index contributed by atoms with van der Waals surface area (Å²) >= 11 is 1.68. The Morgan fingerprint density at radius 1 is 1.09 bits per heavy atom. The summed E-state index contributed by atoms with van der Waals surface area (Å²) in [6, 6.07) is 17.6. The van der Waals surface area contributed by atoms with Crippen LogP contribution >= 0.6 is 11.8 Å². The second-order valence-corrected chi connectivity index (χ2v) is 15.6. The lowest BCUT2D eigenvalue weighted by atomic mass is 9.96. The number of nitrogens with zero attached hydrogens (tertiary/aromatic N) is 2. The number of thioether (sulfide) groups is 1. The molecule has 0 saturated carbocycles. The molecule has 7 heteroatoms. The highest BCUT2D eigenvalue weighted by Gasteiger charge is 2.36. The largest absolute Gasteiger partial charge is 0.417 e. The standard InChI is InChI=1S/C27H33N3O2SSi/c1-27(2,3)34(5,6)32-17-7-8-23(31)26-24(20-11-9-19(18-28)10-12-20)25(29-30-26)21-13-15-22(33-4)16-14-21/h9-16H,7-8,17H2,1-6H3,(H,29,30). The topological polar surface area (TPSA) is 78.8 Å². The number of hydrogen-bond donors (Lipinski definition) is 1. The highest BCUT2D eigenvalue weighted by molar-refractivity contribution is 7.98. The molecule has 1 heterocycles. The average molecular weight is 492 g/mol. The van der Waals surface area contributed by atoms with Crippen molar-refractivity contribution in [2.75, 3.05) is 12.9 Å². The smallest absolute Gasteiger partial charge is 0.191 e. The van der Waals surface area contributed by atoms with Crippen LogP contribution in [-0.2, 0) is 4.43 Å². The van der Waals surface area contributed by atoms with Gasteiger partial charge >= 0.3 is 0 Å². The first-order valence-corrected chi connectivity index (χ1v) is 15.6. The molecule has 178 valence electrons. The molecular weight excluding hydrogens is 458 g/mol. The quantitative estimate of drug-likeness (QED) is 0.147. The first-order chi connectivity index (χ1) is 16.1. The van der Waals surface area contributed by atoms with E-state index in [9.17, 15) is 10.1 Å². The number of nitriles is 1.